The SMILES string of the molecule is C[C@@H](N)C(=O)N[C@@H](Cc1ccccc1)C(=O)N[C@@H](CCCCN)C(=O)N[C@@H](CCCCN)C(=O)O. The van der Waals surface area contributed by atoms with Crippen LogP contribution in [-0.2, 0) is 25.6 Å². The van der Waals surface area contributed by atoms with Crippen LogP contribution in [0, 0.1) is 0 Å². The lowest BCUT2D eigenvalue weighted by Gasteiger charge is -2.25. The van der Waals surface area contributed by atoms with Crippen molar-refractivity contribution in [2.75, 3.05) is 13.1 Å². The molecule has 0 unspecified atom stereocenters. The Balaban J connectivity index is 3.01. The number of carboxylic acids is 1. The Hall–Kier alpha value is -3.02. The first-order chi connectivity index (χ1) is 16.7. The van der Waals surface area contributed by atoms with Crippen LogP contribution in [0.5, 0.6) is 0 Å². The fourth-order valence-corrected chi connectivity index (χ4v) is 3.42. The Morgan fingerprint density at radius 3 is 1.77 bits per heavy atom. The number of benzene rings is 1. The van der Waals surface area contributed by atoms with Crippen LogP contribution in [0.15, 0.2) is 30.3 Å². The van der Waals surface area contributed by atoms with Crippen molar-refractivity contribution < 1.29 is 24.3 Å². The van der Waals surface area contributed by atoms with Crippen molar-refractivity contribution in [3.05, 3.63) is 35.9 Å². The van der Waals surface area contributed by atoms with Gasteiger partial charge in [-0.1, -0.05) is 30.3 Å². The Morgan fingerprint density at radius 2 is 1.26 bits per heavy atom. The summed E-state index contributed by atoms with van der Waals surface area (Å²) in [5.41, 5.74) is 17.5. The highest BCUT2D eigenvalue weighted by Crippen LogP contribution is 2.08. The zero-order chi connectivity index (χ0) is 26.2. The molecule has 1 aromatic rings. The predicted molar refractivity (Wildman–Crippen MR) is 133 cm³/mol. The van der Waals surface area contributed by atoms with E-state index in [0.29, 0.717) is 38.8 Å². The van der Waals surface area contributed by atoms with Gasteiger partial charge in [0.05, 0.1) is 6.04 Å². The van der Waals surface area contributed by atoms with Crippen molar-refractivity contribution in [2.24, 2.45) is 17.2 Å². The molecule has 4 atom stereocenters. The Bertz CT molecular complexity index is 805. The van der Waals surface area contributed by atoms with Crippen LogP contribution in [-0.4, -0.2) is 66.1 Å². The number of hydrogen-bond donors (Lipinski definition) is 7. The summed E-state index contributed by atoms with van der Waals surface area (Å²) in [4.78, 5) is 50.0. The van der Waals surface area contributed by atoms with Gasteiger partial charge in [-0.05, 0) is 64.1 Å². The van der Waals surface area contributed by atoms with E-state index in [1.165, 1.54) is 6.92 Å². The summed E-state index contributed by atoms with van der Waals surface area (Å²) in [5.74, 6) is -2.83. The molecular formula is C24H40N6O5. The Kier molecular flexibility index (Phi) is 14.2. The summed E-state index contributed by atoms with van der Waals surface area (Å²) >= 11 is 0. The van der Waals surface area contributed by atoms with Gasteiger partial charge < -0.3 is 38.3 Å². The third-order valence-corrected chi connectivity index (χ3v) is 5.47. The average molecular weight is 493 g/mol. The normalized spacial score (nSPS) is 14.3. The highest BCUT2D eigenvalue weighted by molar-refractivity contribution is 5.94. The maximum absolute atomic E-state index is 13.2. The van der Waals surface area contributed by atoms with E-state index in [4.69, 9.17) is 17.2 Å². The number of unbranched alkanes of at least 4 members (excludes halogenated alkanes) is 2. The molecule has 1 aromatic carbocycles. The van der Waals surface area contributed by atoms with E-state index in [1.54, 1.807) is 0 Å². The molecule has 11 nitrogen and oxygen atoms in total. The molecule has 0 fully saturated rings. The smallest absolute Gasteiger partial charge is 0.326 e. The number of hydrogen-bond acceptors (Lipinski definition) is 7. The van der Waals surface area contributed by atoms with Crippen LogP contribution >= 0.6 is 0 Å². The van der Waals surface area contributed by atoms with Gasteiger partial charge in [0, 0.05) is 6.42 Å². The molecule has 0 saturated heterocycles. The summed E-state index contributed by atoms with van der Waals surface area (Å²) < 4.78 is 0. The first kappa shape index (κ1) is 30.0. The molecule has 35 heavy (non-hydrogen) atoms. The fourth-order valence-electron chi connectivity index (χ4n) is 3.42. The lowest BCUT2D eigenvalue weighted by atomic mass is 10.0. The maximum Gasteiger partial charge on any atom is 0.326 e. The molecule has 0 heterocycles. The molecule has 10 N–H and O–H groups in total. The fraction of sp³-hybridized carbons (Fsp3) is 0.583. The number of nitrogens with one attached hydrogen (secondary N) is 3. The summed E-state index contributed by atoms with van der Waals surface area (Å²) in [7, 11) is 0. The summed E-state index contributed by atoms with van der Waals surface area (Å²) in [6.07, 6.45) is 3.05. The number of carbonyl (C=O) groups excluding carboxylic acids is 3. The highest BCUT2D eigenvalue weighted by atomic mass is 16.4. The Morgan fingerprint density at radius 1 is 0.771 bits per heavy atom. The van der Waals surface area contributed by atoms with Crippen LogP contribution in [0.3, 0.4) is 0 Å². The van der Waals surface area contributed by atoms with Crippen molar-refractivity contribution in [3.8, 4) is 0 Å². The van der Waals surface area contributed by atoms with E-state index in [-0.39, 0.29) is 19.3 Å². The van der Waals surface area contributed by atoms with E-state index in [9.17, 15) is 24.3 Å². The molecule has 1 rings (SSSR count). The van der Waals surface area contributed by atoms with Crippen LogP contribution in [0.4, 0.5) is 0 Å². The number of nitrogens with two attached hydrogens (primary N) is 3. The summed E-state index contributed by atoms with van der Waals surface area (Å²) in [5, 5.41) is 17.3. The zero-order valence-electron chi connectivity index (χ0n) is 20.4. The van der Waals surface area contributed by atoms with E-state index in [0.717, 1.165) is 5.56 Å². The molecule has 3 amide bonds. The Labute approximate surface area is 206 Å². The molecule has 0 radical (unpaired) electrons. The minimum atomic E-state index is -1.16. The van der Waals surface area contributed by atoms with Crippen molar-refractivity contribution >= 4 is 23.7 Å². The lowest BCUT2D eigenvalue weighted by molar-refractivity contribution is -0.142. The second kappa shape index (κ2) is 16.6. The van der Waals surface area contributed by atoms with Crippen molar-refractivity contribution in [1.82, 2.24) is 16.0 Å². The first-order valence-corrected chi connectivity index (χ1v) is 12.0. The van der Waals surface area contributed by atoms with Gasteiger partial charge in [0.15, 0.2) is 0 Å². The molecule has 0 aromatic heterocycles. The van der Waals surface area contributed by atoms with Crippen LogP contribution in [0.2, 0.25) is 0 Å². The number of amides is 3. The number of carboxylic acid groups (broad SMARTS) is 1. The van der Waals surface area contributed by atoms with Gasteiger partial charge in [-0.3, -0.25) is 14.4 Å². The second-order valence-corrected chi connectivity index (χ2v) is 8.57. The molecule has 0 bridgehead atoms. The minimum Gasteiger partial charge on any atom is -0.480 e. The van der Waals surface area contributed by atoms with E-state index >= 15 is 0 Å². The molecule has 11 heteroatoms. The summed E-state index contributed by atoms with van der Waals surface area (Å²) in [6, 6.07) is 5.23. The number of rotatable bonds is 17. The van der Waals surface area contributed by atoms with Gasteiger partial charge in [-0.25, -0.2) is 4.79 Å². The quantitative estimate of drug-likeness (QED) is 0.139. The van der Waals surface area contributed by atoms with Crippen molar-refractivity contribution in [2.45, 2.75) is 76.0 Å². The standard InChI is InChI=1S/C24H40N6O5/c1-16(27)21(31)30-20(15-17-9-3-2-4-10-17)23(33)28-18(11-5-7-13-25)22(32)29-19(24(34)35)12-6-8-14-26/h2-4,9-10,16,18-20H,5-8,11-15,25-27H2,1H3,(H,28,33)(H,29,32)(H,30,31)(H,34,35)/t16-,18+,19+,20+/m1/s1. The first-order valence-electron chi connectivity index (χ1n) is 12.0. The van der Waals surface area contributed by atoms with Gasteiger partial charge in [0.2, 0.25) is 17.7 Å². The van der Waals surface area contributed by atoms with Gasteiger partial charge in [0.25, 0.3) is 0 Å². The molecule has 0 aliphatic heterocycles. The van der Waals surface area contributed by atoms with Gasteiger partial charge in [-0.15, -0.1) is 0 Å². The number of aliphatic carboxylic acids is 1. The second-order valence-electron chi connectivity index (χ2n) is 8.57. The predicted octanol–water partition coefficient (Wildman–Crippen LogP) is -0.627. The maximum atomic E-state index is 13.2. The van der Waals surface area contributed by atoms with E-state index in [2.05, 4.69) is 16.0 Å². The highest BCUT2D eigenvalue weighted by Gasteiger charge is 2.29. The van der Waals surface area contributed by atoms with Gasteiger partial charge >= 0.3 is 5.97 Å². The lowest BCUT2D eigenvalue weighted by Crippen LogP contribution is -2.57. The molecule has 0 aliphatic rings. The van der Waals surface area contributed by atoms with Crippen molar-refractivity contribution in [1.29, 1.82) is 0 Å². The van der Waals surface area contributed by atoms with E-state index < -0.39 is 47.9 Å². The summed E-state index contributed by atoms with van der Waals surface area (Å²) in [6.45, 7) is 2.35. The van der Waals surface area contributed by atoms with Crippen LogP contribution < -0.4 is 33.2 Å². The van der Waals surface area contributed by atoms with Gasteiger partial charge in [-0.2, -0.15) is 0 Å². The molecule has 0 spiro atoms. The van der Waals surface area contributed by atoms with Crippen LogP contribution in [0.25, 0.3) is 0 Å². The number of carbonyl (C=O) groups is 4. The largest absolute Gasteiger partial charge is 0.480 e. The molecular weight excluding hydrogens is 452 g/mol. The minimum absolute atomic E-state index is 0.194. The average Bonchev–Trinajstić information content (AvgIpc) is 2.82. The van der Waals surface area contributed by atoms with Crippen molar-refractivity contribution in [3.63, 3.8) is 0 Å². The zero-order valence-corrected chi connectivity index (χ0v) is 20.4. The van der Waals surface area contributed by atoms with Gasteiger partial charge in [0.1, 0.15) is 18.1 Å². The third-order valence-electron chi connectivity index (χ3n) is 5.47. The topological polar surface area (TPSA) is 203 Å². The molecule has 0 saturated carbocycles. The monoisotopic (exact) mass is 492 g/mol. The molecule has 196 valence electrons. The third kappa shape index (κ3) is 11.8. The van der Waals surface area contributed by atoms with E-state index in [1.807, 2.05) is 30.3 Å². The molecule has 0 aliphatic carbocycles. The van der Waals surface area contributed by atoms with Crippen LogP contribution in [0.1, 0.15) is 51.0 Å².